The van der Waals surface area contributed by atoms with Gasteiger partial charge in [-0.3, -0.25) is 4.79 Å². The normalized spacial score (nSPS) is 17.2. The number of hydrogen-bond acceptors (Lipinski definition) is 5. The Morgan fingerprint density at radius 2 is 1.86 bits per heavy atom. The second-order valence-electron chi connectivity index (χ2n) is 8.62. The number of nitrogens with one attached hydrogen (secondary N) is 1. The first-order chi connectivity index (χ1) is 17.4. The van der Waals surface area contributed by atoms with E-state index in [0.29, 0.717) is 37.7 Å². The van der Waals surface area contributed by atoms with Crippen LogP contribution in [0, 0.1) is 19.7 Å². The van der Waals surface area contributed by atoms with Crippen LogP contribution in [0.4, 0.5) is 4.39 Å². The molecular formula is C28H30FNO5S. The maximum atomic E-state index is 15.1. The first kappa shape index (κ1) is 26.0. The number of rotatable bonds is 10. The molecule has 1 N–H and O–H groups in total. The standard InChI is InChI=1S/C28H30FNO5S/c1-4-33-12-13-34-24-14-18(2)27(19(3)28(24)29)22-7-5-6-20(15-22)17-35-23-10-8-21(9-11-23)25-16-26(31)30-36(25)32/h5-11,14-15,25H,4,12-13,16-17H2,1-3H3,(H,30,31). The summed E-state index contributed by atoms with van der Waals surface area (Å²) in [5, 5.41) is -0.337. The Kier molecular flexibility index (Phi) is 8.51. The van der Waals surface area contributed by atoms with E-state index in [1.54, 1.807) is 13.0 Å². The quantitative estimate of drug-likeness (QED) is 0.294. The lowest BCUT2D eigenvalue weighted by molar-refractivity contribution is -0.118. The molecule has 6 nitrogen and oxygen atoms in total. The summed E-state index contributed by atoms with van der Waals surface area (Å²) >= 11 is -1.39. The van der Waals surface area contributed by atoms with Gasteiger partial charge in [-0.25, -0.2) is 4.39 Å². The molecule has 0 spiro atoms. The van der Waals surface area contributed by atoms with Crippen LogP contribution in [0.15, 0.2) is 54.6 Å². The molecule has 0 aromatic heterocycles. The van der Waals surface area contributed by atoms with Crippen molar-refractivity contribution in [1.29, 1.82) is 0 Å². The topological polar surface area (TPSA) is 79.9 Å². The van der Waals surface area contributed by atoms with Crippen LogP contribution in [-0.2, 0) is 27.5 Å². The Balaban J connectivity index is 1.44. The number of carbonyl (C=O) groups is 1. The molecule has 0 bridgehead atoms. The highest BCUT2D eigenvalue weighted by molar-refractivity contribution is 7.90. The molecule has 2 unspecified atom stereocenters. The Hall–Kier alpha value is -3.07. The Bertz CT molecular complexity index is 1220. The number of benzene rings is 3. The van der Waals surface area contributed by atoms with Gasteiger partial charge in [-0.05, 0) is 72.9 Å². The lowest BCUT2D eigenvalue weighted by Gasteiger charge is -2.16. The molecule has 1 saturated heterocycles. The van der Waals surface area contributed by atoms with Crippen molar-refractivity contribution in [2.75, 3.05) is 19.8 Å². The van der Waals surface area contributed by atoms with Gasteiger partial charge < -0.3 is 18.8 Å². The van der Waals surface area contributed by atoms with Gasteiger partial charge in [0.15, 0.2) is 16.8 Å². The third-order valence-corrected chi connectivity index (χ3v) is 7.45. The molecule has 1 heterocycles. The van der Waals surface area contributed by atoms with Crippen LogP contribution in [0.2, 0.25) is 0 Å². The molecule has 1 aliphatic rings. The van der Waals surface area contributed by atoms with Crippen molar-refractivity contribution < 1.29 is 27.9 Å². The molecule has 1 aliphatic heterocycles. The van der Waals surface area contributed by atoms with E-state index in [1.165, 1.54) is 0 Å². The molecule has 3 aromatic rings. The van der Waals surface area contributed by atoms with E-state index in [4.69, 9.17) is 14.2 Å². The maximum absolute atomic E-state index is 15.1. The zero-order valence-electron chi connectivity index (χ0n) is 20.6. The van der Waals surface area contributed by atoms with Gasteiger partial charge in [0.25, 0.3) is 5.91 Å². The van der Waals surface area contributed by atoms with Crippen LogP contribution in [0.25, 0.3) is 11.1 Å². The van der Waals surface area contributed by atoms with Gasteiger partial charge in [0.1, 0.15) is 19.0 Å². The number of ether oxygens (including phenoxy) is 3. The molecule has 0 radical (unpaired) electrons. The molecule has 2 atom stereocenters. The van der Waals surface area contributed by atoms with E-state index in [2.05, 4.69) is 4.72 Å². The molecule has 190 valence electrons. The van der Waals surface area contributed by atoms with Crippen LogP contribution in [0.1, 0.15) is 40.8 Å². The van der Waals surface area contributed by atoms with Crippen molar-refractivity contribution in [1.82, 2.24) is 4.72 Å². The first-order valence-corrected chi connectivity index (χ1v) is 13.1. The fraction of sp³-hybridized carbons (Fsp3) is 0.321. The average Bonchev–Trinajstić information content (AvgIpc) is 3.21. The lowest BCUT2D eigenvalue weighted by Crippen LogP contribution is -2.21. The number of halogens is 1. The molecule has 4 rings (SSSR count). The number of hydrogen-bond donors (Lipinski definition) is 1. The van der Waals surface area contributed by atoms with Crippen molar-refractivity contribution in [3.05, 3.63) is 82.7 Å². The zero-order valence-corrected chi connectivity index (χ0v) is 21.5. The summed E-state index contributed by atoms with van der Waals surface area (Å²) < 4.78 is 46.3. The smallest absolute Gasteiger partial charge is 0.266 e. The van der Waals surface area contributed by atoms with Gasteiger partial charge in [-0.2, -0.15) is 4.72 Å². The van der Waals surface area contributed by atoms with Crippen LogP contribution < -0.4 is 14.2 Å². The van der Waals surface area contributed by atoms with Crippen molar-refractivity contribution in [3.63, 3.8) is 0 Å². The zero-order chi connectivity index (χ0) is 25.7. The molecule has 0 saturated carbocycles. The van der Waals surface area contributed by atoms with E-state index in [9.17, 15) is 9.35 Å². The minimum atomic E-state index is -1.39. The fourth-order valence-electron chi connectivity index (χ4n) is 4.30. The second kappa shape index (κ2) is 11.8. The predicted molar refractivity (Wildman–Crippen MR) is 138 cm³/mol. The van der Waals surface area contributed by atoms with Crippen LogP contribution >= 0.6 is 0 Å². The minimum absolute atomic E-state index is 0.201. The molecule has 3 aromatic carbocycles. The van der Waals surface area contributed by atoms with Gasteiger partial charge in [-0.15, -0.1) is 0 Å². The molecule has 1 fully saturated rings. The first-order valence-electron chi connectivity index (χ1n) is 11.9. The van der Waals surface area contributed by atoms with Gasteiger partial charge in [0.05, 0.1) is 24.4 Å². The third kappa shape index (κ3) is 6.00. The molecule has 8 heteroatoms. The molecule has 0 aliphatic carbocycles. The lowest BCUT2D eigenvalue weighted by atomic mass is 9.94. The SMILES string of the molecule is CCOCCOc1cc(C)c(-c2cccc(COc3ccc(C4CC(=O)N[S+]4[O-])cc3)c2)c(C)c1F. The van der Waals surface area contributed by atoms with Gasteiger partial charge in [0.2, 0.25) is 0 Å². The summed E-state index contributed by atoms with van der Waals surface area (Å²) in [5.74, 6) is 0.332. The number of amides is 1. The van der Waals surface area contributed by atoms with Crippen LogP contribution in [0.5, 0.6) is 11.5 Å². The fourth-order valence-corrected chi connectivity index (χ4v) is 5.46. The minimum Gasteiger partial charge on any atom is -0.593 e. The van der Waals surface area contributed by atoms with Crippen molar-refractivity contribution in [3.8, 4) is 22.6 Å². The number of aryl methyl sites for hydroxylation is 1. The highest BCUT2D eigenvalue weighted by atomic mass is 32.2. The summed E-state index contributed by atoms with van der Waals surface area (Å²) in [6, 6.07) is 16.9. The van der Waals surface area contributed by atoms with E-state index < -0.39 is 11.4 Å². The Morgan fingerprint density at radius 1 is 1.08 bits per heavy atom. The summed E-state index contributed by atoms with van der Waals surface area (Å²) in [4.78, 5) is 11.5. The Labute approximate surface area is 214 Å². The van der Waals surface area contributed by atoms with Gasteiger partial charge >= 0.3 is 0 Å². The monoisotopic (exact) mass is 511 g/mol. The van der Waals surface area contributed by atoms with Gasteiger partial charge in [0, 0.05) is 12.2 Å². The summed E-state index contributed by atoms with van der Waals surface area (Å²) in [6.45, 7) is 7.25. The maximum Gasteiger partial charge on any atom is 0.266 e. The second-order valence-corrected chi connectivity index (χ2v) is 9.99. The van der Waals surface area contributed by atoms with Crippen molar-refractivity contribution in [2.45, 2.75) is 39.0 Å². The van der Waals surface area contributed by atoms with Crippen LogP contribution in [-0.4, -0.2) is 30.3 Å². The van der Waals surface area contributed by atoms with E-state index in [1.807, 2.05) is 62.4 Å². The average molecular weight is 512 g/mol. The highest BCUT2D eigenvalue weighted by Gasteiger charge is 2.36. The van der Waals surface area contributed by atoms with E-state index in [0.717, 1.165) is 27.8 Å². The van der Waals surface area contributed by atoms with E-state index >= 15 is 4.39 Å². The molecular weight excluding hydrogens is 481 g/mol. The van der Waals surface area contributed by atoms with Crippen molar-refractivity contribution in [2.24, 2.45) is 0 Å². The largest absolute Gasteiger partial charge is 0.593 e. The predicted octanol–water partition coefficient (Wildman–Crippen LogP) is 5.33. The van der Waals surface area contributed by atoms with E-state index in [-0.39, 0.29) is 29.1 Å². The summed E-state index contributed by atoms with van der Waals surface area (Å²) in [6.07, 6.45) is 0.222. The number of carbonyl (C=O) groups excluding carboxylic acids is 1. The summed E-state index contributed by atoms with van der Waals surface area (Å²) in [5.41, 5.74) is 4.98. The summed E-state index contributed by atoms with van der Waals surface area (Å²) in [7, 11) is 0. The molecule has 1 amide bonds. The highest BCUT2D eigenvalue weighted by Crippen LogP contribution is 2.35. The van der Waals surface area contributed by atoms with Gasteiger partial charge in [-0.1, -0.05) is 30.3 Å². The third-order valence-electron chi connectivity index (χ3n) is 6.07. The van der Waals surface area contributed by atoms with Crippen LogP contribution in [0.3, 0.4) is 0 Å². The Morgan fingerprint density at radius 3 is 2.56 bits per heavy atom. The van der Waals surface area contributed by atoms with Crippen molar-refractivity contribution >= 4 is 17.3 Å². The molecule has 36 heavy (non-hydrogen) atoms.